The lowest BCUT2D eigenvalue weighted by Gasteiger charge is -2.30. The number of likely N-dealkylation sites (N-methyl/N-ethyl adjacent to an activating group) is 1. The van der Waals surface area contributed by atoms with Gasteiger partial charge in [0.05, 0.1) is 0 Å². The van der Waals surface area contributed by atoms with E-state index in [1.807, 2.05) is 7.05 Å². The van der Waals surface area contributed by atoms with Crippen molar-refractivity contribution >= 4 is 0 Å². The summed E-state index contributed by atoms with van der Waals surface area (Å²) in [6.45, 7) is 4.70. The zero-order chi connectivity index (χ0) is 8.81. The van der Waals surface area contributed by atoms with E-state index in [9.17, 15) is 0 Å². The van der Waals surface area contributed by atoms with Crippen LogP contribution in [0.15, 0.2) is 0 Å². The smallest absolute Gasteiger partial charge is 0.0195 e. The molecule has 72 valence electrons. The Morgan fingerprint density at radius 1 is 1.58 bits per heavy atom. The highest BCUT2D eigenvalue weighted by molar-refractivity contribution is 4.76. The molecule has 1 aliphatic heterocycles. The molecule has 0 saturated carbocycles. The number of nitrogens with one attached hydrogen (secondary N) is 2. The van der Waals surface area contributed by atoms with Gasteiger partial charge in [-0.25, -0.2) is 0 Å². The molecule has 0 amide bonds. The Kier molecular flexibility index (Phi) is 4.58. The van der Waals surface area contributed by atoms with E-state index in [0.29, 0.717) is 0 Å². The summed E-state index contributed by atoms with van der Waals surface area (Å²) in [7, 11) is 4.21. The quantitative estimate of drug-likeness (QED) is 0.578. The van der Waals surface area contributed by atoms with Crippen molar-refractivity contribution in [2.24, 2.45) is 0 Å². The van der Waals surface area contributed by atoms with Gasteiger partial charge in [0.2, 0.25) is 0 Å². The van der Waals surface area contributed by atoms with Gasteiger partial charge in [-0.15, -0.1) is 0 Å². The molecule has 1 aliphatic rings. The van der Waals surface area contributed by atoms with Gasteiger partial charge in [-0.05, 0) is 33.5 Å². The van der Waals surface area contributed by atoms with E-state index in [4.69, 9.17) is 0 Å². The summed E-state index contributed by atoms with van der Waals surface area (Å²) in [6, 6.07) is 0.720. The van der Waals surface area contributed by atoms with Crippen LogP contribution >= 0.6 is 0 Å². The largest absolute Gasteiger partial charge is 0.320 e. The predicted octanol–water partition coefficient (Wildman–Crippen LogP) is -0.110. The molecule has 1 atom stereocenters. The Morgan fingerprint density at radius 3 is 3.08 bits per heavy atom. The van der Waals surface area contributed by atoms with E-state index in [1.54, 1.807) is 0 Å². The van der Waals surface area contributed by atoms with Crippen molar-refractivity contribution in [1.82, 2.24) is 15.5 Å². The third-order valence-electron chi connectivity index (χ3n) is 2.44. The normalized spacial score (nSPS) is 26.0. The lowest BCUT2D eigenvalue weighted by Crippen LogP contribution is -2.49. The van der Waals surface area contributed by atoms with Crippen LogP contribution in [0.2, 0.25) is 0 Å². The maximum atomic E-state index is 3.54. The molecule has 1 unspecified atom stereocenters. The van der Waals surface area contributed by atoms with Crippen LogP contribution in [0, 0.1) is 0 Å². The number of hydrogen-bond donors (Lipinski definition) is 2. The third-order valence-corrected chi connectivity index (χ3v) is 2.44. The summed E-state index contributed by atoms with van der Waals surface area (Å²) in [4.78, 5) is 2.40. The summed E-state index contributed by atoms with van der Waals surface area (Å²) >= 11 is 0. The zero-order valence-corrected chi connectivity index (χ0v) is 8.27. The fraction of sp³-hybridized carbons (Fsp3) is 1.00. The van der Waals surface area contributed by atoms with Gasteiger partial charge in [0.15, 0.2) is 0 Å². The highest BCUT2D eigenvalue weighted by Crippen LogP contribution is 2.02. The van der Waals surface area contributed by atoms with Crippen LogP contribution in [-0.4, -0.2) is 51.2 Å². The van der Waals surface area contributed by atoms with E-state index in [0.717, 1.165) is 19.1 Å². The Labute approximate surface area is 75.5 Å². The minimum Gasteiger partial charge on any atom is -0.320 e. The van der Waals surface area contributed by atoms with Crippen LogP contribution in [0.5, 0.6) is 0 Å². The zero-order valence-electron chi connectivity index (χ0n) is 8.27. The first-order valence-corrected chi connectivity index (χ1v) is 4.89. The molecule has 0 bridgehead atoms. The van der Waals surface area contributed by atoms with Crippen molar-refractivity contribution < 1.29 is 0 Å². The van der Waals surface area contributed by atoms with Crippen LogP contribution in [0.4, 0.5) is 0 Å². The molecule has 0 radical (unpaired) electrons. The molecule has 1 heterocycles. The van der Waals surface area contributed by atoms with E-state index in [2.05, 4.69) is 22.6 Å². The van der Waals surface area contributed by atoms with Crippen molar-refractivity contribution in [1.29, 1.82) is 0 Å². The second kappa shape index (κ2) is 5.51. The molecule has 0 aliphatic carbocycles. The molecule has 1 rings (SSSR count). The van der Waals surface area contributed by atoms with Gasteiger partial charge in [-0.1, -0.05) is 0 Å². The minimum absolute atomic E-state index is 0.720. The van der Waals surface area contributed by atoms with Crippen molar-refractivity contribution in [3.05, 3.63) is 0 Å². The fourth-order valence-electron chi connectivity index (χ4n) is 1.71. The summed E-state index contributed by atoms with van der Waals surface area (Å²) < 4.78 is 0. The second-order valence-electron chi connectivity index (χ2n) is 3.66. The number of piperazine rings is 1. The van der Waals surface area contributed by atoms with E-state index in [-0.39, 0.29) is 0 Å². The standard InChI is InChI=1S/C9H21N3/c1-10-5-3-4-9-8-12(2)7-6-11-9/h9-11H,3-8H2,1-2H3. The highest BCUT2D eigenvalue weighted by Gasteiger charge is 2.14. The summed E-state index contributed by atoms with van der Waals surface area (Å²) in [5.41, 5.74) is 0. The van der Waals surface area contributed by atoms with Gasteiger partial charge in [0.1, 0.15) is 0 Å². The van der Waals surface area contributed by atoms with E-state index < -0.39 is 0 Å². The average molecular weight is 171 g/mol. The number of hydrogen-bond acceptors (Lipinski definition) is 3. The molecule has 0 spiro atoms. The Balaban J connectivity index is 2.06. The summed E-state index contributed by atoms with van der Waals surface area (Å²) in [5.74, 6) is 0. The van der Waals surface area contributed by atoms with Crippen LogP contribution in [-0.2, 0) is 0 Å². The second-order valence-corrected chi connectivity index (χ2v) is 3.66. The van der Waals surface area contributed by atoms with Gasteiger partial charge in [0.25, 0.3) is 0 Å². The van der Waals surface area contributed by atoms with Crippen molar-refractivity contribution in [3.63, 3.8) is 0 Å². The maximum absolute atomic E-state index is 3.54. The maximum Gasteiger partial charge on any atom is 0.0195 e. The van der Waals surface area contributed by atoms with Crippen molar-refractivity contribution in [2.45, 2.75) is 18.9 Å². The van der Waals surface area contributed by atoms with E-state index in [1.165, 1.54) is 25.9 Å². The average Bonchev–Trinajstić information content (AvgIpc) is 2.05. The molecule has 1 fully saturated rings. The van der Waals surface area contributed by atoms with Gasteiger partial charge < -0.3 is 15.5 Å². The lowest BCUT2D eigenvalue weighted by atomic mass is 10.1. The van der Waals surface area contributed by atoms with Crippen LogP contribution in [0.25, 0.3) is 0 Å². The van der Waals surface area contributed by atoms with Gasteiger partial charge >= 0.3 is 0 Å². The molecule has 1 saturated heterocycles. The van der Waals surface area contributed by atoms with Crippen LogP contribution < -0.4 is 10.6 Å². The van der Waals surface area contributed by atoms with Crippen molar-refractivity contribution in [2.75, 3.05) is 40.3 Å². The fourth-order valence-corrected chi connectivity index (χ4v) is 1.71. The molecule has 0 aromatic heterocycles. The van der Waals surface area contributed by atoms with Crippen LogP contribution in [0.1, 0.15) is 12.8 Å². The summed E-state index contributed by atoms with van der Waals surface area (Å²) in [6.07, 6.45) is 2.58. The molecule has 2 N–H and O–H groups in total. The molecule has 12 heavy (non-hydrogen) atoms. The molecule has 3 heteroatoms. The Morgan fingerprint density at radius 2 is 2.42 bits per heavy atom. The lowest BCUT2D eigenvalue weighted by molar-refractivity contribution is 0.230. The minimum atomic E-state index is 0.720. The molecular formula is C9H21N3. The van der Waals surface area contributed by atoms with Crippen LogP contribution in [0.3, 0.4) is 0 Å². The van der Waals surface area contributed by atoms with Gasteiger partial charge in [-0.3, -0.25) is 0 Å². The Hall–Kier alpha value is -0.120. The first kappa shape index (κ1) is 9.96. The van der Waals surface area contributed by atoms with Crippen molar-refractivity contribution in [3.8, 4) is 0 Å². The first-order valence-electron chi connectivity index (χ1n) is 4.89. The van der Waals surface area contributed by atoms with Gasteiger partial charge in [0, 0.05) is 25.7 Å². The van der Waals surface area contributed by atoms with Gasteiger partial charge in [-0.2, -0.15) is 0 Å². The molecule has 0 aromatic carbocycles. The molecular weight excluding hydrogens is 150 g/mol. The molecule has 3 nitrogen and oxygen atoms in total. The van der Waals surface area contributed by atoms with E-state index >= 15 is 0 Å². The number of nitrogens with zero attached hydrogens (tertiary/aromatic N) is 1. The third kappa shape index (κ3) is 3.52. The first-order chi connectivity index (χ1) is 5.83. The molecule has 0 aromatic rings. The SMILES string of the molecule is CNCCCC1CN(C)CCN1. The topological polar surface area (TPSA) is 27.3 Å². The number of rotatable bonds is 4. The predicted molar refractivity (Wildman–Crippen MR) is 52.4 cm³/mol. The highest BCUT2D eigenvalue weighted by atomic mass is 15.2. The summed E-state index contributed by atoms with van der Waals surface area (Å²) in [5, 5.41) is 6.72. The monoisotopic (exact) mass is 171 g/mol. The Bertz CT molecular complexity index is 116.